The van der Waals surface area contributed by atoms with Gasteiger partial charge in [0.1, 0.15) is 17.8 Å². The highest BCUT2D eigenvalue weighted by molar-refractivity contribution is 5.26. The minimum atomic E-state index is -1.01. The molecule has 0 aromatic heterocycles. The Bertz CT molecular complexity index is 209. The minimum Gasteiger partial charge on any atom is -0.383 e. The molecule has 5 heteroatoms. The lowest BCUT2D eigenvalue weighted by molar-refractivity contribution is 0.468. The van der Waals surface area contributed by atoms with Crippen molar-refractivity contribution in [1.82, 2.24) is 5.32 Å². The molecule has 0 bridgehead atoms. The third kappa shape index (κ3) is 1.08. The minimum absolute atomic E-state index is 0.228. The van der Waals surface area contributed by atoms with Crippen LogP contribution >= 0.6 is 0 Å². The summed E-state index contributed by atoms with van der Waals surface area (Å²) in [5.41, 5.74) is 10.1. The number of dihydropyridines is 1. The molecule has 0 radical (unpaired) electrons. The van der Waals surface area contributed by atoms with E-state index in [4.69, 9.17) is 11.5 Å². The van der Waals surface area contributed by atoms with Crippen LogP contribution in [0.4, 0.5) is 8.78 Å². The SMILES string of the molecule is NC1=C(F)C=C(F)C(N)N1. The summed E-state index contributed by atoms with van der Waals surface area (Å²) in [5, 5.41) is 2.20. The van der Waals surface area contributed by atoms with Gasteiger partial charge in [0, 0.05) is 6.08 Å². The van der Waals surface area contributed by atoms with Gasteiger partial charge in [0.15, 0.2) is 5.83 Å². The van der Waals surface area contributed by atoms with Gasteiger partial charge in [0.05, 0.1) is 0 Å². The van der Waals surface area contributed by atoms with Gasteiger partial charge < -0.3 is 16.8 Å². The Morgan fingerprint density at radius 3 is 2.60 bits per heavy atom. The predicted molar refractivity (Wildman–Crippen MR) is 32.6 cm³/mol. The Balaban J connectivity index is 2.88. The van der Waals surface area contributed by atoms with Crippen molar-refractivity contribution in [3.05, 3.63) is 23.6 Å². The zero-order chi connectivity index (χ0) is 7.72. The summed E-state index contributed by atoms with van der Waals surface area (Å²) in [4.78, 5) is 0. The zero-order valence-electron chi connectivity index (χ0n) is 5.07. The summed E-state index contributed by atoms with van der Waals surface area (Å²) in [7, 11) is 0. The van der Waals surface area contributed by atoms with Crippen LogP contribution < -0.4 is 16.8 Å². The van der Waals surface area contributed by atoms with Crippen molar-refractivity contribution in [3.8, 4) is 0 Å². The van der Waals surface area contributed by atoms with Gasteiger partial charge in [-0.05, 0) is 0 Å². The van der Waals surface area contributed by atoms with E-state index >= 15 is 0 Å². The van der Waals surface area contributed by atoms with Crippen molar-refractivity contribution in [2.75, 3.05) is 0 Å². The van der Waals surface area contributed by atoms with Crippen LogP contribution in [0.25, 0.3) is 0 Å². The van der Waals surface area contributed by atoms with Gasteiger partial charge in [-0.3, -0.25) is 0 Å². The maximum atomic E-state index is 12.3. The van der Waals surface area contributed by atoms with Gasteiger partial charge in [0.2, 0.25) is 0 Å². The van der Waals surface area contributed by atoms with Gasteiger partial charge in [-0.1, -0.05) is 0 Å². The number of hydrogen-bond donors (Lipinski definition) is 3. The molecule has 56 valence electrons. The van der Waals surface area contributed by atoms with Crippen molar-refractivity contribution in [1.29, 1.82) is 0 Å². The number of hydrogen-bond acceptors (Lipinski definition) is 3. The second kappa shape index (κ2) is 2.26. The van der Waals surface area contributed by atoms with Crippen LogP contribution in [0.3, 0.4) is 0 Å². The molecule has 10 heavy (non-hydrogen) atoms. The summed E-state index contributed by atoms with van der Waals surface area (Å²) in [6.07, 6.45) is -0.351. The molecule has 1 aliphatic heterocycles. The molecule has 0 aliphatic carbocycles. The van der Waals surface area contributed by atoms with Crippen molar-refractivity contribution in [3.63, 3.8) is 0 Å². The van der Waals surface area contributed by atoms with E-state index < -0.39 is 17.8 Å². The second-order valence-electron chi connectivity index (χ2n) is 1.91. The van der Waals surface area contributed by atoms with Crippen LogP contribution in [-0.2, 0) is 0 Å². The molecule has 3 nitrogen and oxygen atoms in total. The number of halogens is 2. The largest absolute Gasteiger partial charge is 0.383 e. The molecular formula is C5H7F2N3. The summed E-state index contributed by atoms with van der Waals surface area (Å²) in [6.45, 7) is 0. The van der Waals surface area contributed by atoms with E-state index in [0.717, 1.165) is 0 Å². The van der Waals surface area contributed by atoms with Gasteiger partial charge in [-0.15, -0.1) is 0 Å². The summed E-state index contributed by atoms with van der Waals surface area (Å²) < 4.78 is 24.7. The van der Waals surface area contributed by atoms with Crippen LogP contribution in [0.2, 0.25) is 0 Å². The first-order valence-corrected chi connectivity index (χ1v) is 2.65. The molecule has 1 rings (SSSR count). The predicted octanol–water partition coefficient (Wildman–Crippen LogP) is -0.175. The average molecular weight is 147 g/mol. The molecule has 0 saturated carbocycles. The highest BCUT2D eigenvalue weighted by atomic mass is 19.1. The van der Waals surface area contributed by atoms with Crippen LogP contribution in [-0.4, -0.2) is 6.17 Å². The highest BCUT2D eigenvalue weighted by Crippen LogP contribution is 2.13. The molecule has 0 amide bonds. The van der Waals surface area contributed by atoms with Crippen LogP contribution in [0.5, 0.6) is 0 Å². The van der Waals surface area contributed by atoms with Gasteiger partial charge in [-0.2, -0.15) is 0 Å². The van der Waals surface area contributed by atoms with Crippen LogP contribution in [0.15, 0.2) is 23.6 Å². The molecule has 1 atom stereocenters. The highest BCUT2D eigenvalue weighted by Gasteiger charge is 2.16. The number of allylic oxidation sites excluding steroid dienone is 2. The van der Waals surface area contributed by atoms with Gasteiger partial charge >= 0.3 is 0 Å². The van der Waals surface area contributed by atoms with Crippen molar-refractivity contribution < 1.29 is 8.78 Å². The molecule has 0 fully saturated rings. The first-order chi connectivity index (χ1) is 4.61. The summed E-state index contributed by atoms with van der Waals surface area (Å²) in [6, 6.07) is 0. The fraction of sp³-hybridized carbons (Fsp3) is 0.200. The van der Waals surface area contributed by atoms with E-state index in [0.29, 0.717) is 6.08 Å². The lowest BCUT2D eigenvalue weighted by Crippen LogP contribution is -2.42. The van der Waals surface area contributed by atoms with E-state index in [-0.39, 0.29) is 5.82 Å². The molecule has 0 saturated heterocycles. The zero-order valence-corrected chi connectivity index (χ0v) is 5.07. The first-order valence-electron chi connectivity index (χ1n) is 2.65. The third-order valence-corrected chi connectivity index (χ3v) is 1.13. The quantitative estimate of drug-likeness (QED) is 0.445. The molecule has 0 spiro atoms. The normalized spacial score (nSPS) is 25.9. The van der Waals surface area contributed by atoms with Gasteiger partial charge in [-0.25, -0.2) is 8.78 Å². The monoisotopic (exact) mass is 147 g/mol. The van der Waals surface area contributed by atoms with Gasteiger partial charge in [0.25, 0.3) is 0 Å². The standard InChI is InChI=1S/C5H7F2N3/c6-2-1-3(7)5(9)10-4(2)8/h1,4,10H,8-9H2. The van der Waals surface area contributed by atoms with E-state index in [1.54, 1.807) is 0 Å². The fourth-order valence-electron chi connectivity index (χ4n) is 0.594. The lowest BCUT2D eigenvalue weighted by atomic mass is 10.3. The number of rotatable bonds is 0. The topological polar surface area (TPSA) is 64.1 Å². The first kappa shape index (κ1) is 7.01. The Morgan fingerprint density at radius 1 is 1.50 bits per heavy atom. The van der Waals surface area contributed by atoms with Crippen molar-refractivity contribution >= 4 is 0 Å². The van der Waals surface area contributed by atoms with E-state index in [1.165, 1.54) is 0 Å². The molecule has 0 aromatic rings. The van der Waals surface area contributed by atoms with E-state index in [9.17, 15) is 8.78 Å². The third-order valence-electron chi connectivity index (χ3n) is 1.13. The second-order valence-corrected chi connectivity index (χ2v) is 1.91. The summed E-state index contributed by atoms with van der Waals surface area (Å²) >= 11 is 0. The Kier molecular flexibility index (Phi) is 1.58. The Hall–Kier alpha value is -1.10. The number of nitrogens with one attached hydrogen (secondary N) is 1. The average Bonchev–Trinajstić information content (AvgIpc) is 1.84. The van der Waals surface area contributed by atoms with E-state index in [2.05, 4.69) is 5.32 Å². The Morgan fingerprint density at radius 2 is 2.10 bits per heavy atom. The maximum Gasteiger partial charge on any atom is 0.165 e. The van der Waals surface area contributed by atoms with Crippen molar-refractivity contribution in [2.24, 2.45) is 11.5 Å². The molecule has 1 unspecified atom stereocenters. The number of nitrogens with two attached hydrogens (primary N) is 2. The fourth-order valence-corrected chi connectivity index (χ4v) is 0.594. The smallest absolute Gasteiger partial charge is 0.165 e. The molecule has 5 N–H and O–H groups in total. The van der Waals surface area contributed by atoms with Crippen LogP contribution in [0, 0.1) is 0 Å². The lowest BCUT2D eigenvalue weighted by Gasteiger charge is -2.17. The maximum absolute atomic E-state index is 12.3. The van der Waals surface area contributed by atoms with E-state index in [1.807, 2.05) is 0 Å². The summed E-state index contributed by atoms with van der Waals surface area (Å²) in [5.74, 6) is -1.81. The molecule has 1 heterocycles. The van der Waals surface area contributed by atoms with Crippen LogP contribution in [0.1, 0.15) is 0 Å². The molecule has 1 aliphatic rings. The van der Waals surface area contributed by atoms with Crippen molar-refractivity contribution in [2.45, 2.75) is 6.17 Å². The Labute approximate surface area is 56.4 Å². The molecular weight excluding hydrogens is 140 g/mol. The molecule has 0 aromatic carbocycles.